The average Bonchev–Trinajstić information content (AvgIpc) is 3.28. The average molecular weight is 362 g/mol. The topological polar surface area (TPSA) is 63.4 Å². The molecule has 1 aliphatic rings. The highest BCUT2D eigenvalue weighted by Gasteiger charge is 2.31. The van der Waals surface area contributed by atoms with E-state index < -0.39 is 0 Å². The number of oxazole rings is 1. The van der Waals surface area contributed by atoms with Crippen molar-refractivity contribution in [3.8, 4) is 5.75 Å². The van der Waals surface area contributed by atoms with Crippen LogP contribution in [0.3, 0.4) is 0 Å². The van der Waals surface area contributed by atoms with E-state index in [-0.39, 0.29) is 12.1 Å². The molecule has 0 bridgehead atoms. The van der Waals surface area contributed by atoms with Crippen LogP contribution < -0.4 is 10.1 Å². The van der Waals surface area contributed by atoms with Gasteiger partial charge in [0.25, 0.3) is 0 Å². The van der Waals surface area contributed by atoms with Gasteiger partial charge in [-0.3, -0.25) is 4.90 Å². The largest absolute Gasteiger partial charge is 0.489 e. The predicted molar refractivity (Wildman–Crippen MR) is 94.5 cm³/mol. The minimum absolute atomic E-state index is 0.0649. The zero-order chi connectivity index (χ0) is 17.4. The van der Waals surface area contributed by atoms with Crippen LogP contribution in [0, 0.1) is 5.95 Å². The third kappa shape index (κ3) is 3.32. The monoisotopic (exact) mass is 362 g/mol. The zero-order valence-electron chi connectivity index (χ0n) is 14.0. The minimum atomic E-state index is -0.387. The van der Waals surface area contributed by atoms with E-state index in [1.54, 1.807) is 7.05 Å². The molecule has 0 saturated carbocycles. The maximum Gasteiger partial charge on any atom is 0.230 e. The number of likely N-dealkylation sites (tertiary alicyclic amines) is 1. The van der Waals surface area contributed by atoms with Crippen molar-refractivity contribution in [1.29, 1.82) is 0 Å². The van der Waals surface area contributed by atoms with Crippen LogP contribution in [-0.2, 0) is 6.54 Å². The van der Waals surface area contributed by atoms with Crippen molar-refractivity contribution in [2.75, 3.05) is 18.9 Å². The Morgan fingerprint density at radius 1 is 1.48 bits per heavy atom. The van der Waals surface area contributed by atoms with Crippen LogP contribution in [0.1, 0.15) is 18.2 Å². The number of thiazole rings is 1. The maximum absolute atomic E-state index is 13.9. The summed E-state index contributed by atoms with van der Waals surface area (Å²) in [5, 5.41) is 3.49. The first-order chi connectivity index (χ1) is 12.1. The Labute approximate surface area is 148 Å². The molecule has 1 N–H and O–H groups in total. The fourth-order valence-electron chi connectivity index (χ4n) is 3.17. The summed E-state index contributed by atoms with van der Waals surface area (Å²) in [6, 6.07) is 5.97. The van der Waals surface area contributed by atoms with Crippen LogP contribution in [0.5, 0.6) is 5.75 Å². The van der Waals surface area contributed by atoms with E-state index in [1.165, 1.54) is 17.7 Å². The number of hydrogen-bond donors (Lipinski definition) is 1. The van der Waals surface area contributed by atoms with Crippen LogP contribution in [0.25, 0.3) is 11.1 Å². The molecule has 0 radical (unpaired) electrons. The Kier molecular flexibility index (Phi) is 4.30. The molecule has 2 unspecified atom stereocenters. The molecule has 3 heterocycles. The van der Waals surface area contributed by atoms with Gasteiger partial charge in [0.1, 0.15) is 17.4 Å². The number of anilines is 1. The maximum atomic E-state index is 13.9. The second-order valence-electron chi connectivity index (χ2n) is 6.22. The normalized spacial score (nSPS) is 21.1. The van der Waals surface area contributed by atoms with Crippen molar-refractivity contribution in [2.24, 2.45) is 0 Å². The Hall–Kier alpha value is -2.19. The Morgan fingerprint density at radius 2 is 2.36 bits per heavy atom. The van der Waals surface area contributed by atoms with Gasteiger partial charge in [-0.1, -0.05) is 11.3 Å². The van der Waals surface area contributed by atoms with Crippen LogP contribution in [0.2, 0.25) is 0 Å². The van der Waals surface area contributed by atoms with E-state index in [1.807, 2.05) is 18.2 Å². The summed E-state index contributed by atoms with van der Waals surface area (Å²) < 4.78 is 25.3. The molecule has 1 aliphatic heterocycles. The van der Waals surface area contributed by atoms with Gasteiger partial charge < -0.3 is 14.5 Å². The number of ether oxygens (including phenoxy) is 1. The third-order valence-electron chi connectivity index (χ3n) is 4.48. The molecule has 1 aromatic carbocycles. The summed E-state index contributed by atoms with van der Waals surface area (Å²) in [5.41, 5.74) is 1.53. The Bertz CT molecular complexity index is 881. The van der Waals surface area contributed by atoms with Crippen molar-refractivity contribution >= 4 is 27.6 Å². The van der Waals surface area contributed by atoms with E-state index in [0.717, 1.165) is 24.2 Å². The molecule has 3 aromatic rings. The zero-order valence-corrected chi connectivity index (χ0v) is 14.8. The first-order valence-corrected chi connectivity index (χ1v) is 9.01. The summed E-state index contributed by atoms with van der Waals surface area (Å²) in [6.45, 7) is 3.44. The molecular weight excluding hydrogens is 343 g/mol. The second kappa shape index (κ2) is 6.61. The third-order valence-corrected chi connectivity index (χ3v) is 5.51. The van der Waals surface area contributed by atoms with Crippen molar-refractivity contribution in [1.82, 2.24) is 14.9 Å². The fraction of sp³-hybridized carbons (Fsp3) is 0.412. The summed E-state index contributed by atoms with van der Waals surface area (Å²) in [6.07, 6.45) is 2.39. The number of nitrogens with one attached hydrogen (secondary N) is 1. The van der Waals surface area contributed by atoms with Gasteiger partial charge in [-0.15, -0.1) is 0 Å². The van der Waals surface area contributed by atoms with Gasteiger partial charge in [0.05, 0.1) is 4.88 Å². The molecule has 2 aromatic heterocycles. The number of aromatic nitrogens is 2. The van der Waals surface area contributed by atoms with Crippen LogP contribution in [0.4, 0.5) is 9.52 Å². The lowest BCUT2D eigenvalue weighted by molar-refractivity contribution is 0.194. The smallest absolute Gasteiger partial charge is 0.230 e. The van der Waals surface area contributed by atoms with Gasteiger partial charge in [-0.25, -0.2) is 4.98 Å². The molecule has 25 heavy (non-hydrogen) atoms. The van der Waals surface area contributed by atoms with E-state index in [2.05, 4.69) is 27.1 Å². The molecule has 0 aliphatic carbocycles. The number of rotatable bonds is 5. The number of hydrogen-bond acceptors (Lipinski definition) is 7. The van der Waals surface area contributed by atoms with E-state index in [4.69, 9.17) is 9.15 Å². The lowest BCUT2D eigenvalue weighted by Gasteiger charge is -2.19. The lowest BCUT2D eigenvalue weighted by Crippen LogP contribution is -2.28. The van der Waals surface area contributed by atoms with Crippen molar-refractivity contribution in [3.63, 3.8) is 0 Å². The number of benzene rings is 1. The van der Waals surface area contributed by atoms with Gasteiger partial charge in [0.15, 0.2) is 17.1 Å². The molecule has 0 amide bonds. The molecule has 4 rings (SSSR count). The Balaban J connectivity index is 1.42. The van der Waals surface area contributed by atoms with Crippen LogP contribution >= 0.6 is 11.3 Å². The fourth-order valence-corrected chi connectivity index (χ4v) is 4.00. The predicted octanol–water partition coefficient (Wildman–Crippen LogP) is 3.51. The molecule has 1 saturated heterocycles. The summed E-state index contributed by atoms with van der Waals surface area (Å²) in [4.78, 5) is 10.9. The van der Waals surface area contributed by atoms with E-state index in [9.17, 15) is 4.39 Å². The second-order valence-corrected chi connectivity index (χ2v) is 7.30. The summed E-state index contributed by atoms with van der Waals surface area (Å²) in [5.74, 6) is 0.381. The van der Waals surface area contributed by atoms with Gasteiger partial charge in [0, 0.05) is 38.7 Å². The van der Waals surface area contributed by atoms with Crippen molar-refractivity contribution in [3.05, 3.63) is 35.4 Å². The van der Waals surface area contributed by atoms with Crippen LogP contribution in [0.15, 0.2) is 29.0 Å². The molecule has 2 atom stereocenters. The minimum Gasteiger partial charge on any atom is -0.489 e. The van der Waals surface area contributed by atoms with Gasteiger partial charge in [0.2, 0.25) is 5.95 Å². The lowest BCUT2D eigenvalue weighted by atomic mass is 10.2. The van der Waals surface area contributed by atoms with Crippen LogP contribution in [-0.4, -0.2) is 40.6 Å². The first kappa shape index (κ1) is 16.3. The van der Waals surface area contributed by atoms with Crippen molar-refractivity contribution < 1.29 is 13.5 Å². The molecular formula is C17H19FN4O2S. The SMILES string of the molecule is CNc1nc(F)c(CN2CC(Oc3ccc4ncoc4c3)CC2C)s1. The quantitative estimate of drug-likeness (QED) is 0.749. The first-order valence-electron chi connectivity index (χ1n) is 8.19. The van der Waals surface area contributed by atoms with E-state index >= 15 is 0 Å². The van der Waals surface area contributed by atoms with Gasteiger partial charge in [-0.2, -0.15) is 9.37 Å². The highest BCUT2D eigenvalue weighted by molar-refractivity contribution is 7.15. The van der Waals surface area contributed by atoms with Gasteiger partial charge in [-0.05, 0) is 19.1 Å². The standard InChI is InChI=1S/C17H19FN4O2S/c1-10-5-12(24-11-3-4-13-14(6-11)23-9-20-13)7-22(10)8-15-16(18)21-17(19-2)25-15/h3-4,6,9-10,12H,5,7-8H2,1-2H3,(H,19,21). The summed E-state index contributed by atoms with van der Waals surface area (Å²) >= 11 is 1.36. The van der Waals surface area contributed by atoms with E-state index in [0.29, 0.717) is 28.2 Å². The van der Waals surface area contributed by atoms with Crippen molar-refractivity contribution in [2.45, 2.75) is 32.0 Å². The molecule has 6 nitrogen and oxygen atoms in total. The number of halogens is 1. The van der Waals surface area contributed by atoms with Gasteiger partial charge >= 0.3 is 0 Å². The highest BCUT2D eigenvalue weighted by atomic mass is 32.1. The highest BCUT2D eigenvalue weighted by Crippen LogP contribution is 2.29. The molecule has 1 fully saturated rings. The molecule has 8 heteroatoms. The molecule has 0 spiro atoms. The molecule has 132 valence electrons. The summed E-state index contributed by atoms with van der Waals surface area (Å²) in [7, 11) is 1.75. The number of nitrogens with zero attached hydrogens (tertiary/aromatic N) is 3. The Morgan fingerprint density at radius 3 is 3.16 bits per heavy atom. The number of fused-ring (bicyclic) bond motifs is 1.